The first-order valence-corrected chi connectivity index (χ1v) is 7.86. The molecule has 25 heavy (non-hydrogen) atoms. The molecular formula is C19H19N3O3. The van der Waals surface area contributed by atoms with Crippen molar-refractivity contribution in [1.82, 2.24) is 14.8 Å². The highest BCUT2D eigenvalue weighted by Crippen LogP contribution is 2.32. The third-order valence-corrected chi connectivity index (χ3v) is 3.87. The molecule has 6 heteroatoms. The van der Waals surface area contributed by atoms with E-state index < -0.39 is 5.97 Å². The lowest BCUT2D eigenvalue weighted by Crippen LogP contribution is -2.08. The molecule has 0 aliphatic carbocycles. The lowest BCUT2D eigenvalue weighted by atomic mass is 10.1. The number of rotatable bonds is 5. The van der Waals surface area contributed by atoms with Crippen molar-refractivity contribution in [2.45, 2.75) is 13.5 Å². The molecule has 2 aromatic carbocycles. The monoisotopic (exact) mass is 337 g/mol. The van der Waals surface area contributed by atoms with Gasteiger partial charge in [0.1, 0.15) is 23.7 Å². The van der Waals surface area contributed by atoms with Crippen molar-refractivity contribution in [3.8, 4) is 17.1 Å². The molecule has 0 aliphatic heterocycles. The first kappa shape index (κ1) is 16.7. The van der Waals surface area contributed by atoms with Gasteiger partial charge in [0, 0.05) is 7.05 Å². The van der Waals surface area contributed by atoms with Crippen molar-refractivity contribution >= 4 is 5.97 Å². The molecule has 3 aromatic rings. The Labute approximate surface area is 146 Å². The predicted octanol–water partition coefficient (Wildman–Crippen LogP) is 3.16. The molecule has 0 saturated carbocycles. The molecule has 0 amide bonds. The second-order valence-electron chi connectivity index (χ2n) is 5.55. The maximum absolute atomic E-state index is 12.5. The van der Waals surface area contributed by atoms with Gasteiger partial charge >= 0.3 is 5.97 Å². The van der Waals surface area contributed by atoms with Crippen molar-refractivity contribution < 1.29 is 14.3 Å². The van der Waals surface area contributed by atoms with Crippen LogP contribution in [0, 0.1) is 6.92 Å². The minimum atomic E-state index is -0.449. The Bertz CT molecular complexity index is 869. The molecule has 0 radical (unpaired) electrons. The highest BCUT2D eigenvalue weighted by atomic mass is 16.5. The van der Waals surface area contributed by atoms with Crippen molar-refractivity contribution in [2.24, 2.45) is 7.05 Å². The number of ether oxygens (including phenoxy) is 2. The van der Waals surface area contributed by atoms with E-state index in [0.717, 1.165) is 11.4 Å². The van der Waals surface area contributed by atoms with Gasteiger partial charge in [0.05, 0.1) is 12.7 Å². The lowest BCUT2D eigenvalue weighted by molar-refractivity contribution is 0.0469. The average Bonchev–Trinajstić information content (AvgIpc) is 2.98. The summed E-state index contributed by atoms with van der Waals surface area (Å²) >= 11 is 0. The number of methoxy groups -OCH3 is 1. The summed E-state index contributed by atoms with van der Waals surface area (Å²) in [5, 5.41) is 4.36. The number of aromatic nitrogens is 3. The topological polar surface area (TPSA) is 66.2 Å². The number of nitrogens with zero attached hydrogens (tertiary/aromatic N) is 3. The van der Waals surface area contributed by atoms with Crippen LogP contribution >= 0.6 is 0 Å². The second kappa shape index (κ2) is 7.17. The predicted molar refractivity (Wildman–Crippen MR) is 93.3 cm³/mol. The minimum Gasteiger partial charge on any atom is -0.495 e. The van der Waals surface area contributed by atoms with E-state index in [0.29, 0.717) is 22.7 Å². The molecule has 3 rings (SSSR count). The SMILES string of the molecule is COc1c(C(=O)OCc2ccccc2)cccc1-c1nc(C)n(C)n1. The summed E-state index contributed by atoms with van der Waals surface area (Å²) < 4.78 is 12.6. The molecular weight excluding hydrogens is 318 g/mol. The standard InChI is InChI=1S/C19H19N3O3/c1-13-20-18(21-22(13)2)15-10-7-11-16(17(15)24-3)19(23)25-12-14-8-5-4-6-9-14/h4-11H,12H2,1-3H3. The fourth-order valence-electron chi connectivity index (χ4n) is 2.47. The first-order valence-electron chi connectivity index (χ1n) is 7.86. The third kappa shape index (κ3) is 3.52. The van der Waals surface area contributed by atoms with Gasteiger partial charge in [0.2, 0.25) is 0 Å². The zero-order valence-corrected chi connectivity index (χ0v) is 14.4. The van der Waals surface area contributed by atoms with Crippen LogP contribution in [0.15, 0.2) is 48.5 Å². The molecule has 0 unspecified atom stereocenters. The molecule has 0 fully saturated rings. The fourth-order valence-corrected chi connectivity index (χ4v) is 2.47. The van der Waals surface area contributed by atoms with Crippen molar-refractivity contribution in [3.63, 3.8) is 0 Å². The van der Waals surface area contributed by atoms with Crippen LogP contribution in [0.1, 0.15) is 21.7 Å². The number of benzene rings is 2. The highest BCUT2D eigenvalue weighted by Gasteiger charge is 2.20. The fraction of sp³-hybridized carbons (Fsp3) is 0.211. The van der Waals surface area contributed by atoms with E-state index >= 15 is 0 Å². The Morgan fingerprint density at radius 1 is 1.12 bits per heavy atom. The summed E-state index contributed by atoms with van der Waals surface area (Å²) in [5.74, 6) is 1.24. The van der Waals surface area contributed by atoms with Gasteiger partial charge in [-0.05, 0) is 24.6 Å². The van der Waals surface area contributed by atoms with E-state index in [1.165, 1.54) is 7.11 Å². The molecule has 0 N–H and O–H groups in total. The first-order chi connectivity index (χ1) is 12.1. The molecule has 128 valence electrons. The molecule has 0 aliphatic rings. The summed E-state index contributed by atoms with van der Waals surface area (Å²) in [6.45, 7) is 2.06. The molecule has 1 heterocycles. The van der Waals surface area contributed by atoms with E-state index in [-0.39, 0.29) is 6.61 Å². The average molecular weight is 337 g/mol. The minimum absolute atomic E-state index is 0.202. The van der Waals surface area contributed by atoms with Crippen LogP contribution in [0.2, 0.25) is 0 Å². The Morgan fingerprint density at radius 3 is 2.52 bits per heavy atom. The van der Waals surface area contributed by atoms with E-state index in [1.807, 2.05) is 50.4 Å². The molecule has 6 nitrogen and oxygen atoms in total. The second-order valence-corrected chi connectivity index (χ2v) is 5.55. The molecule has 0 saturated heterocycles. The number of esters is 1. The highest BCUT2D eigenvalue weighted by molar-refractivity contribution is 5.95. The molecule has 0 spiro atoms. The van der Waals surface area contributed by atoms with Crippen LogP contribution in [0.4, 0.5) is 0 Å². The normalized spacial score (nSPS) is 10.5. The van der Waals surface area contributed by atoms with Gasteiger partial charge in [0.15, 0.2) is 5.82 Å². The summed E-state index contributed by atoms with van der Waals surface area (Å²) in [7, 11) is 3.33. The summed E-state index contributed by atoms with van der Waals surface area (Å²) in [6, 6.07) is 14.8. The van der Waals surface area contributed by atoms with E-state index in [1.54, 1.807) is 16.8 Å². The van der Waals surface area contributed by atoms with Crippen LogP contribution in [0.5, 0.6) is 5.75 Å². The van der Waals surface area contributed by atoms with Crippen molar-refractivity contribution in [3.05, 3.63) is 65.5 Å². The van der Waals surface area contributed by atoms with Gasteiger partial charge < -0.3 is 9.47 Å². The Hall–Kier alpha value is -3.15. The number of aryl methyl sites for hydroxylation is 2. The Morgan fingerprint density at radius 2 is 1.88 bits per heavy atom. The number of carbonyl (C=O) groups is 1. The van der Waals surface area contributed by atoms with Crippen LogP contribution in [0.3, 0.4) is 0 Å². The van der Waals surface area contributed by atoms with E-state index in [9.17, 15) is 4.79 Å². The van der Waals surface area contributed by atoms with Gasteiger partial charge in [-0.3, -0.25) is 4.68 Å². The van der Waals surface area contributed by atoms with Crippen molar-refractivity contribution in [2.75, 3.05) is 7.11 Å². The summed E-state index contributed by atoms with van der Waals surface area (Å²) in [6.07, 6.45) is 0. The summed E-state index contributed by atoms with van der Waals surface area (Å²) in [4.78, 5) is 16.9. The maximum Gasteiger partial charge on any atom is 0.342 e. The molecule has 0 atom stereocenters. The van der Waals surface area contributed by atoms with Gasteiger partial charge in [-0.2, -0.15) is 5.10 Å². The van der Waals surface area contributed by atoms with Gasteiger partial charge in [-0.1, -0.05) is 36.4 Å². The van der Waals surface area contributed by atoms with Gasteiger partial charge in [-0.25, -0.2) is 9.78 Å². The summed E-state index contributed by atoms with van der Waals surface area (Å²) in [5.41, 5.74) is 1.93. The lowest BCUT2D eigenvalue weighted by Gasteiger charge is -2.11. The van der Waals surface area contributed by atoms with Crippen LogP contribution < -0.4 is 4.74 Å². The molecule has 0 bridgehead atoms. The number of carbonyl (C=O) groups excluding carboxylic acids is 1. The number of hydrogen-bond acceptors (Lipinski definition) is 5. The number of para-hydroxylation sites is 1. The molecule has 1 aromatic heterocycles. The van der Waals surface area contributed by atoms with Crippen LogP contribution in [-0.2, 0) is 18.4 Å². The van der Waals surface area contributed by atoms with E-state index in [2.05, 4.69) is 10.1 Å². The quantitative estimate of drug-likeness (QED) is 0.669. The zero-order chi connectivity index (χ0) is 17.8. The largest absolute Gasteiger partial charge is 0.495 e. The maximum atomic E-state index is 12.5. The third-order valence-electron chi connectivity index (χ3n) is 3.87. The van der Waals surface area contributed by atoms with Crippen LogP contribution in [0.25, 0.3) is 11.4 Å². The van der Waals surface area contributed by atoms with Gasteiger partial charge in [-0.15, -0.1) is 0 Å². The van der Waals surface area contributed by atoms with E-state index in [4.69, 9.17) is 9.47 Å². The number of hydrogen-bond donors (Lipinski definition) is 0. The van der Waals surface area contributed by atoms with Crippen LogP contribution in [-0.4, -0.2) is 27.8 Å². The Balaban J connectivity index is 1.88. The van der Waals surface area contributed by atoms with Crippen molar-refractivity contribution in [1.29, 1.82) is 0 Å². The Kier molecular flexibility index (Phi) is 4.79. The smallest absolute Gasteiger partial charge is 0.342 e. The zero-order valence-electron chi connectivity index (χ0n) is 14.4. The van der Waals surface area contributed by atoms with Gasteiger partial charge in [0.25, 0.3) is 0 Å².